The van der Waals surface area contributed by atoms with Gasteiger partial charge in [0.25, 0.3) is 0 Å². The smallest absolute Gasteiger partial charge is 0.339 e. The quantitative estimate of drug-likeness (QED) is 0.732. The van der Waals surface area contributed by atoms with Crippen LogP contribution in [-0.2, 0) is 0 Å². The topological polar surface area (TPSA) is 82.5 Å². The van der Waals surface area contributed by atoms with Crippen LogP contribution in [0.5, 0.6) is 0 Å². The molecule has 6 heteroatoms. The molecule has 20 heavy (non-hydrogen) atoms. The Morgan fingerprint density at radius 2 is 2.00 bits per heavy atom. The van der Waals surface area contributed by atoms with E-state index >= 15 is 0 Å². The van der Waals surface area contributed by atoms with Gasteiger partial charge >= 0.3 is 5.97 Å². The van der Waals surface area contributed by atoms with Crippen LogP contribution in [0.4, 0.5) is 5.82 Å². The fraction of sp³-hybridized carbons (Fsp3) is 0.571. The average Bonchev–Trinajstić information content (AvgIpc) is 2.62. The molecule has 0 aromatic carbocycles. The molecular formula is C14H19BrN2O3. The maximum Gasteiger partial charge on any atom is 0.339 e. The van der Waals surface area contributed by atoms with Gasteiger partial charge in [-0.3, -0.25) is 0 Å². The van der Waals surface area contributed by atoms with Gasteiger partial charge in [0.05, 0.1) is 5.60 Å². The van der Waals surface area contributed by atoms with Crippen LogP contribution < -0.4 is 5.32 Å². The third-order valence-electron chi connectivity index (χ3n) is 3.70. The standard InChI is InChI=1S/C14H19BrN2O3/c15-10-7-11(13(18)19)12(16-8-10)17-9-14(20)5-3-1-2-4-6-14/h7-8,20H,1-6,9H2,(H,16,17)(H,18,19). The Kier molecular flexibility index (Phi) is 4.99. The zero-order chi connectivity index (χ0) is 14.6. The van der Waals surface area contributed by atoms with E-state index in [1.807, 2.05) is 0 Å². The summed E-state index contributed by atoms with van der Waals surface area (Å²) in [5.74, 6) is -0.729. The number of anilines is 1. The van der Waals surface area contributed by atoms with E-state index in [9.17, 15) is 15.0 Å². The number of carboxylic acid groups (broad SMARTS) is 1. The van der Waals surface area contributed by atoms with Crippen LogP contribution in [0, 0.1) is 0 Å². The van der Waals surface area contributed by atoms with Crippen molar-refractivity contribution in [2.75, 3.05) is 11.9 Å². The van der Waals surface area contributed by atoms with Gasteiger partial charge in [-0.15, -0.1) is 0 Å². The summed E-state index contributed by atoms with van der Waals surface area (Å²) in [5.41, 5.74) is -0.655. The van der Waals surface area contributed by atoms with E-state index in [1.165, 1.54) is 6.07 Å². The van der Waals surface area contributed by atoms with Gasteiger partial charge in [0.1, 0.15) is 11.4 Å². The van der Waals surface area contributed by atoms with Gasteiger partial charge in [0, 0.05) is 17.2 Å². The zero-order valence-electron chi connectivity index (χ0n) is 11.2. The molecule has 0 spiro atoms. The fourth-order valence-electron chi connectivity index (χ4n) is 2.55. The minimum absolute atomic E-state index is 0.108. The third kappa shape index (κ3) is 3.93. The van der Waals surface area contributed by atoms with E-state index in [1.54, 1.807) is 6.20 Å². The summed E-state index contributed by atoms with van der Waals surface area (Å²) in [4.78, 5) is 15.3. The van der Waals surface area contributed by atoms with Gasteiger partial charge in [0.2, 0.25) is 0 Å². The number of halogens is 1. The first-order valence-corrected chi connectivity index (χ1v) is 7.65. The largest absolute Gasteiger partial charge is 0.478 e. The molecule has 1 fully saturated rings. The summed E-state index contributed by atoms with van der Waals surface area (Å²) in [6.07, 6.45) is 7.37. The molecule has 1 saturated carbocycles. The van der Waals surface area contributed by atoms with Crippen molar-refractivity contribution >= 4 is 27.7 Å². The van der Waals surface area contributed by atoms with Gasteiger partial charge in [-0.25, -0.2) is 9.78 Å². The first kappa shape index (κ1) is 15.3. The number of carboxylic acids is 1. The number of hydrogen-bond donors (Lipinski definition) is 3. The summed E-state index contributed by atoms with van der Waals surface area (Å²) < 4.78 is 0.619. The molecule has 0 amide bonds. The number of pyridine rings is 1. The minimum Gasteiger partial charge on any atom is -0.478 e. The molecule has 3 N–H and O–H groups in total. The fourth-order valence-corrected chi connectivity index (χ4v) is 2.89. The predicted octanol–water partition coefficient (Wildman–Crippen LogP) is 3.04. The lowest BCUT2D eigenvalue weighted by molar-refractivity contribution is 0.0379. The molecule has 5 nitrogen and oxygen atoms in total. The van der Waals surface area contributed by atoms with E-state index in [2.05, 4.69) is 26.2 Å². The third-order valence-corrected chi connectivity index (χ3v) is 4.14. The number of nitrogens with one attached hydrogen (secondary N) is 1. The Bertz CT molecular complexity index is 485. The highest BCUT2D eigenvalue weighted by Crippen LogP contribution is 2.28. The molecule has 0 saturated heterocycles. The van der Waals surface area contributed by atoms with Crippen LogP contribution in [0.3, 0.4) is 0 Å². The second kappa shape index (κ2) is 6.54. The van der Waals surface area contributed by atoms with Crippen molar-refractivity contribution in [1.82, 2.24) is 4.98 Å². The van der Waals surface area contributed by atoms with Gasteiger partial charge in [0.15, 0.2) is 0 Å². The molecule has 0 aliphatic heterocycles. The lowest BCUT2D eigenvalue weighted by atomic mass is 9.94. The molecular weight excluding hydrogens is 324 g/mol. The summed E-state index contributed by atoms with van der Waals surface area (Å²) >= 11 is 3.21. The zero-order valence-corrected chi connectivity index (χ0v) is 12.8. The van der Waals surface area contributed by atoms with Crippen LogP contribution in [0.15, 0.2) is 16.7 Å². The molecule has 1 aliphatic rings. The second-order valence-electron chi connectivity index (χ2n) is 5.35. The van der Waals surface area contributed by atoms with Crippen LogP contribution >= 0.6 is 15.9 Å². The second-order valence-corrected chi connectivity index (χ2v) is 6.26. The van der Waals surface area contributed by atoms with E-state index < -0.39 is 11.6 Å². The Morgan fingerprint density at radius 1 is 1.35 bits per heavy atom. The summed E-state index contributed by atoms with van der Waals surface area (Å²) in [7, 11) is 0. The monoisotopic (exact) mass is 342 g/mol. The highest BCUT2D eigenvalue weighted by Gasteiger charge is 2.28. The molecule has 1 aromatic heterocycles. The van der Waals surface area contributed by atoms with E-state index in [4.69, 9.17) is 0 Å². The Balaban J connectivity index is 2.08. The van der Waals surface area contributed by atoms with Crippen LogP contribution in [0.25, 0.3) is 0 Å². The Hall–Kier alpha value is -1.14. The SMILES string of the molecule is O=C(O)c1cc(Br)cnc1NCC1(O)CCCCCC1. The van der Waals surface area contributed by atoms with Crippen molar-refractivity contribution in [3.8, 4) is 0 Å². The number of aromatic nitrogens is 1. The number of rotatable bonds is 4. The predicted molar refractivity (Wildman–Crippen MR) is 80.0 cm³/mol. The Labute approximate surface area is 126 Å². The van der Waals surface area contributed by atoms with Crippen molar-refractivity contribution in [3.05, 3.63) is 22.3 Å². The maximum atomic E-state index is 11.2. The van der Waals surface area contributed by atoms with E-state index in [0.717, 1.165) is 38.5 Å². The lowest BCUT2D eigenvalue weighted by Gasteiger charge is -2.27. The van der Waals surface area contributed by atoms with Crippen molar-refractivity contribution in [3.63, 3.8) is 0 Å². The van der Waals surface area contributed by atoms with Gasteiger partial charge in [-0.1, -0.05) is 25.7 Å². The van der Waals surface area contributed by atoms with Crippen molar-refractivity contribution < 1.29 is 15.0 Å². The maximum absolute atomic E-state index is 11.2. The Morgan fingerprint density at radius 3 is 2.60 bits per heavy atom. The van der Waals surface area contributed by atoms with Crippen LogP contribution in [-0.4, -0.2) is 33.3 Å². The first-order valence-electron chi connectivity index (χ1n) is 6.85. The highest BCUT2D eigenvalue weighted by molar-refractivity contribution is 9.10. The first-order chi connectivity index (χ1) is 9.50. The van der Waals surface area contributed by atoms with Gasteiger partial charge < -0.3 is 15.5 Å². The van der Waals surface area contributed by atoms with Gasteiger partial charge in [-0.05, 0) is 34.8 Å². The van der Waals surface area contributed by atoms with Crippen molar-refractivity contribution in [2.45, 2.75) is 44.1 Å². The van der Waals surface area contributed by atoms with E-state index in [-0.39, 0.29) is 5.56 Å². The number of carbonyl (C=O) groups is 1. The van der Waals surface area contributed by atoms with Crippen LogP contribution in [0.1, 0.15) is 48.9 Å². The summed E-state index contributed by atoms with van der Waals surface area (Å²) in [6, 6.07) is 1.51. The molecule has 1 aromatic rings. The molecule has 110 valence electrons. The molecule has 0 atom stereocenters. The number of aromatic carboxylic acids is 1. The van der Waals surface area contributed by atoms with Crippen LogP contribution in [0.2, 0.25) is 0 Å². The molecule has 0 bridgehead atoms. The normalized spacial score (nSPS) is 18.3. The summed E-state index contributed by atoms with van der Waals surface area (Å²) in [6.45, 7) is 0.335. The van der Waals surface area contributed by atoms with Gasteiger partial charge in [-0.2, -0.15) is 0 Å². The van der Waals surface area contributed by atoms with Crippen molar-refractivity contribution in [2.24, 2.45) is 0 Å². The number of aliphatic hydroxyl groups is 1. The average molecular weight is 343 g/mol. The number of nitrogens with zero attached hydrogens (tertiary/aromatic N) is 1. The lowest BCUT2D eigenvalue weighted by Crippen LogP contribution is -2.36. The summed E-state index contributed by atoms with van der Waals surface area (Å²) in [5, 5.41) is 22.7. The highest BCUT2D eigenvalue weighted by atomic mass is 79.9. The molecule has 1 heterocycles. The minimum atomic E-state index is -1.03. The van der Waals surface area contributed by atoms with Crippen molar-refractivity contribution in [1.29, 1.82) is 0 Å². The molecule has 0 unspecified atom stereocenters. The van der Waals surface area contributed by atoms with E-state index in [0.29, 0.717) is 16.8 Å². The molecule has 2 rings (SSSR count). The number of hydrogen-bond acceptors (Lipinski definition) is 4. The molecule has 0 radical (unpaired) electrons. The molecule has 1 aliphatic carbocycles.